The van der Waals surface area contributed by atoms with Crippen molar-refractivity contribution in [2.45, 2.75) is 38.8 Å². The number of anilines is 1. The van der Waals surface area contributed by atoms with Crippen LogP contribution in [0.1, 0.15) is 27.2 Å². The largest absolute Gasteiger partial charge is 0.444 e. The Morgan fingerprint density at radius 1 is 1.50 bits per heavy atom. The fourth-order valence-corrected chi connectivity index (χ4v) is 2.19. The average Bonchev–Trinajstić information content (AvgIpc) is 2.85. The van der Waals surface area contributed by atoms with E-state index in [1.165, 1.54) is 12.3 Å². The number of nitro groups is 1. The maximum atomic E-state index is 11.7. The number of hydrogen-bond acceptors (Lipinski definition) is 6. The molecule has 0 radical (unpaired) electrons. The predicted molar refractivity (Wildman–Crippen MR) is 80.9 cm³/mol. The van der Waals surface area contributed by atoms with E-state index in [4.69, 9.17) is 4.74 Å². The van der Waals surface area contributed by atoms with Gasteiger partial charge in [-0.05, 0) is 26.8 Å². The van der Waals surface area contributed by atoms with E-state index >= 15 is 0 Å². The molecule has 1 fully saturated rings. The van der Waals surface area contributed by atoms with Crippen LogP contribution in [0.3, 0.4) is 0 Å². The summed E-state index contributed by atoms with van der Waals surface area (Å²) in [5.41, 5.74) is -0.379. The SMILES string of the molecule is CC(C)(C)NC(=O)OC1CCN(c2ccc([N+](=O)[O-])cn2)C1. The Bertz CT molecular complexity index is 553. The second kappa shape index (κ2) is 6.17. The van der Waals surface area contributed by atoms with Crippen LogP contribution in [-0.2, 0) is 4.74 Å². The van der Waals surface area contributed by atoms with Crippen LogP contribution in [0.15, 0.2) is 18.3 Å². The van der Waals surface area contributed by atoms with E-state index in [0.29, 0.717) is 25.3 Å². The first kappa shape index (κ1) is 16.0. The molecule has 1 aliphatic rings. The molecule has 1 saturated heterocycles. The maximum Gasteiger partial charge on any atom is 0.407 e. The zero-order valence-corrected chi connectivity index (χ0v) is 12.9. The van der Waals surface area contributed by atoms with E-state index in [1.54, 1.807) is 6.07 Å². The van der Waals surface area contributed by atoms with E-state index in [1.807, 2.05) is 25.7 Å². The summed E-state index contributed by atoms with van der Waals surface area (Å²) < 4.78 is 5.37. The number of nitrogens with one attached hydrogen (secondary N) is 1. The Morgan fingerprint density at radius 3 is 2.77 bits per heavy atom. The lowest BCUT2D eigenvalue weighted by molar-refractivity contribution is -0.385. The summed E-state index contributed by atoms with van der Waals surface area (Å²) in [6, 6.07) is 3.03. The number of amides is 1. The molecule has 1 N–H and O–H groups in total. The summed E-state index contributed by atoms with van der Waals surface area (Å²) in [7, 11) is 0. The van der Waals surface area contributed by atoms with Gasteiger partial charge < -0.3 is 15.0 Å². The topological polar surface area (TPSA) is 97.6 Å². The van der Waals surface area contributed by atoms with Gasteiger partial charge in [-0.1, -0.05) is 0 Å². The number of rotatable bonds is 3. The highest BCUT2D eigenvalue weighted by Crippen LogP contribution is 2.21. The minimum absolute atomic E-state index is 0.0414. The van der Waals surface area contributed by atoms with Crippen molar-refractivity contribution in [3.63, 3.8) is 0 Å². The molecular formula is C14H20N4O4. The second-order valence-corrected chi connectivity index (χ2v) is 6.27. The second-order valence-electron chi connectivity index (χ2n) is 6.27. The first-order valence-electron chi connectivity index (χ1n) is 7.09. The Morgan fingerprint density at radius 2 is 2.23 bits per heavy atom. The van der Waals surface area contributed by atoms with Crippen LogP contribution in [-0.4, -0.2) is 40.7 Å². The molecule has 1 atom stereocenters. The molecule has 0 aromatic carbocycles. The van der Waals surface area contributed by atoms with Crippen molar-refractivity contribution in [2.24, 2.45) is 0 Å². The maximum absolute atomic E-state index is 11.7. The van der Waals surface area contributed by atoms with Gasteiger partial charge in [-0.15, -0.1) is 0 Å². The van der Waals surface area contributed by atoms with Gasteiger partial charge in [0, 0.05) is 24.6 Å². The average molecular weight is 308 g/mol. The number of alkyl carbamates (subject to hydrolysis) is 1. The Hall–Kier alpha value is -2.38. The third-order valence-electron chi connectivity index (χ3n) is 3.16. The summed E-state index contributed by atoms with van der Waals surface area (Å²) in [5, 5.41) is 13.4. The van der Waals surface area contributed by atoms with Gasteiger partial charge in [0.05, 0.1) is 11.5 Å². The fourth-order valence-electron chi connectivity index (χ4n) is 2.19. The normalized spacial score (nSPS) is 18.1. The highest BCUT2D eigenvalue weighted by molar-refractivity contribution is 5.68. The molecule has 8 heteroatoms. The van der Waals surface area contributed by atoms with Crippen LogP contribution in [0.5, 0.6) is 0 Å². The molecule has 2 heterocycles. The Kier molecular flexibility index (Phi) is 4.48. The molecule has 0 spiro atoms. The first-order valence-corrected chi connectivity index (χ1v) is 7.09. The molecule has 1 aromatic rings. The fraction of sp³-hybridized carbons (Fsp3) is 0.571. The van der Waals surface area contributed by atoms with Crippen molar-refractivity contribution in [2.75, 3.05) is 18.0 Å². The van der Waals surface area contributed by atoms with Crippen molar-refractivity contribution < 1.29 is 14.5 Å². The molecule has 120 valence electrons. The van der Waals surface area contributed by atoms with Crippen LogP contribution in [0.2, 0.25) is 0 Å². The van der Waals surface area contributed by atoms with Crippen LogP contribution in [0, 0.1) is 10.1 Å². The van der Waals surface area contributed by atoms with Crippen LogP contribution in [0.25, 0.3) is 0 Å². The third-order valence-corrected chi connectivity index (χ3v) is 3.16. The smallest absolute Gasteiger partial charge is 0.407 e. The number of pyridine rings is 1. The molecule has 0 aliphatic carbocycles. The Balaban J connectivity index is 1.89. The standard InChI is InChI=1S/C14H20N4O4/c1-14(2,3)16-13(19)22-11-6-7-17(9-11)12-5-4-10(8-15-12)18(20)21/h4-5,8,11H,6-7,9H2,1-3H3,(H,16,19). The minimum Gasteiger partial charge on any atom is -0.444 e. The van der Waals surface area contributed by atoms with Gasteiger partial charge >= 0.3 is 6.09 Å². The number of carbonyl (C=O) groups is 1. The number of carbonyl (C=O) groups excluding carboxylic acids is 1. The van der Waals surface area contributed by atoms with Gasteiger partial charge in [0.25, 0.3) is 5.69 Å². The zero-order chi connectivity index (χ0) is 16.3. The van der Waals surface area contributed by atoms with Crippen LogP contribution in [0.4, 0.5) is 16.3 Å². The van der Waals surface area contributed by atoms with Gasteiger partial charge in [0.15, 0.2) is 0 Å². The number of nitrogens with zero attached hydrogens (tertiary/aromatic N) is 3. The van der Waals surface area contributed by atoms with Gasteiger partial charge in [-0.3, -0.25) is 10.1 Å². The molecule has 1 unspecified atom stereocenters. The van der Waals surface area contributed by atoms with Gasteiger partial charge in [0.1, 0.15) is 18.1 Å². The summed E-state index contributed by atoms with van der Waals surface area (Å²) >= 11 is 0. The van der Waals surface area contributed by atoms with Crippen LogP contribution < -0.4 is 10.2 Å². The van der Waals surface area contributed by atoms with Crippen molar-refractivity contribution in [1.82, 2.24) is 10.3 Å². The van der Waals surface area contributed by atoms with E-state index in [9.17, 15) is 14.9 Å². The summed E-state index contributed by atoms with van der Waals surface area (Å²) in [5.74, 6) is 0.646. The number of ether oxygens (including phenoxy) is 1. The summed E-state index contributed by atoms with van der Waals surface area (Å²) in [4.78, 5) is 27.9. The van der Waals surface area contributed by atoms with Gasteiger partial charge in [-0.2, -0.15) is 0 Å². The number of aromatic nitrogens is 1. The highest BCUT2D eigenvalue weighted by Gasteiger charge is 2.27. The highest BCUT2D eigenvalue weighted by atomic mass is 16.6. The molecule has 0 bridgehead atoms. The predicted octanol–water partition coefficient (Wildman–Crippen LogP) is 2.09. The lowest BCUT2D eigenvalue weighted by Gasteiger charge is -2.22. The number of hydrogen-bond donors (Lipinski definition) is 1. The van der Waals surface area contributed by atoms with E-state index in [2.05, 4.69) is 10.3 Å². The van der Waals surface area contributed by atoms with Gasteiger partial charge in [-0.25, -0.2) is 9.78 Å². The van der Waals surface area contributed by atoms with E-state index < -0.39 is 11.0 Å². The van der Waals surface area contributed by atoms with E-state index in [0.717, 1.165) is 0 Å². The molecule has 1 amide bonds. The molecule has 1 aliphatic heterocycles. The molecule has 0 saturated carbocycles. The molecule has 1 aromatic heterocycles. The Labute approximate surface area is 128 Å². The molecule has 8 nitrogen and oxygen atoms in total. The lowest BCUT2D eigenvalue weighted by atomic mass is 10.1. The minimum atomic E-state index is -0.483. The third kappa shape index (κ3) is 4.31. The summed E-state index contributed by atoms with van der Waals surface area (Å²) in [6.07, 6.45) is 1.29. The summed E-state index contributed by atoms with van der Waals surface area (Å²) in [6.45, 7) is 6.88. The van der Waals surface area contributed by atoms with Crippen molar-refractivity contribution >= 4 is 17.6 Å². The monoisotopic (exact) mass is 308 g/mol. The van der Waals surface area contributed by atoms with Crippen molar-refractivity contribution in [1.29, 1.82) is 0 Å². The van der Waals surface area contributed by atoms with Crippen molar-refractivity contribution in [3.8, 4) is 0 Å². The lowest BCUT2D eigenvalue weighted by Crippen LogP contribution is -2.42. The van der Waals surface area contributed by atoms with E-state index in [-0.39, 0.29) is 17.3 Å². The van der Waals surface area contributed by atoms with Crippen LogP contribution >= 0.6 is 0 Å². The molecule has 2 rings (SSSR count). The van der Waals surface area contributed by atoms with Crippen molar-refractivity contribution in [3.05, 3.63) is 28.4 Å². The quantitative estimate of drug-likeness (QED) is 0.678. The first-order chi connectivity index (χ1) is 10.2. The molecule has 22 heavy (non-hydrogen) atoms. The molecular weight excluding hydrogens is 288 g/mol. The zero-order valence-electron chi connectivity index (χ0n) is 12.9. The van der Waals surface area contributed by atoms with Gasteiger partial charge in [0.2, 0.25) is 0 Å².